The molecule has 0 saturated heterocycles. The first kappa shape index (κ1) is 64.9. The molecular formula is C59H50ClF9N20O4. The van der Waals surface area contributed by atoms with Gasteiger partial charge in [0.1, 0.15) is 23.5 Å². The lowest BCUT2D eigenvalue weighted by molar-refractivity contribution is -0.138. The second-order valence-electron chi connectivity index (χ2n) is 20.8. The van der Waals surface area contributed by atoms with Crippen molar-refractivity contribution in [1.29, 1.82) is 5.26 Å². The van der Waals surface area contributed by atoms with Crippen molar-refractivity contribution in [3.63, 3.8) is 0 Å². The number of nitrogens with one attached hydrogen (secondary N) is 3. The Morgan fingerprint density at radius 2 is 0.860 bits per heavy atom. The number of primary amides is 1. The van der Waals surface area contributed by atoms with Crippen molar-refractivity contribution >= 4 is 51.0 Å². The van der Waals surface area contributed by atoms with E-state index in [4.69, 9.17) is 17.3 Å². The van der Waals surface area contributed by atoms with Gasteiger partial charge in [0, 0.05) is 38.2 Å². The van der Waals surface area contributed by atoms with E-state index >= 15 is 0 Å². The molecule has 24 nitrogen and oxygen atoms in total. The molecule has 9 aromatic heterocycles. The standard InChI is InChI=1S/C20H18F3N7O2.C20H16F3N7O.C19H16ClF3N6O/c1-2-6-30-18(15(24)31)28-17-14(19(30)32)26-16(27-17)12-8-25-29(10-12)9-11-4-3-5-13(7-11)20(21,22)23;1-2-6-30-15(8-24)26-18-16(19(30)31)27-17(28-18)13-9-25-29(11-13)10-12-4-3-5-14(7-12)20(21,22)23;1-2-6-29-17(30)14-16(27-18(29)20)26-15(25-14)12-8-24-28(10-12)9-11-4-3-5-13(7-11)19(21,22)23/h3-5,7-8,10H,2,6,9H2,1H3,(H2,24,31)(H,26,27);3-5,7,9,11H,2,6,10H2,1H3,(H,27,28);3-5,7-8,10H,2,6,9H2,1H3,(H,25,26). The number of nitrogens with zero attached hydrogens (tertiary/aromatic N) is 16. The molecule has 12 rings (SSSR count). The summed E-state index contributed by atoms with van der Waals surface area (Å²) in [5, 5.41) is 21.9. The van der Waals surface area contributed by atoms with Crippen LogP contribution >= 0.6 is 11.6 Å². The molecule has 93 heavy (non-hydrogen) atoms. The van der Waals surface area contributed by atoms with Crippen LogP contribution < -0.4 is 22.4 Å². The summed E-state index contributed by atoms with van der Waals surface area (Å²) in [7, 11) is 0. The second kappa shape index (κ2) is 26.4. The SMILES string of the molecule is CCCn1c(C#N)nc2nc(-c3cnn(Cc4cccc(C(F)(F)F)c4)c3)[nH]c2c1=O.CCCn1c(C(N)=O)nc2nc(-c3cnn(Cc4cccc(C(F)(F)F)c4)c3)[nH]c2c1=O.CCCn1c(Cl)nc2nc(-c3cnn(Cc4cccc(C(F)(F)F)c4)c3)[nH]c2c1=O. The van der Waals surface area contributed by atoms with Gasteiger partial charge < -0.3 is 20.7 Å². The van der Waals surface area contributed by atoms with Crippen molar-refractivity contribution in [1.82, 2.24) is 87.9 Å². The average molecular weight is 1310 g/mol. The molecule has 0 fully saturated rings. The van der Waals surface area contributed by atoms with E-state index in [1.807, 2.05) is 26.8 Å². The minimum absolute atomic E-state index is 0.0161. The summed E-state index contributed by atoms with van der Waals surface area (Å²) in [6.07, 6.45) is -2.00. The molecule has 0 spiro atoms. The Morgan fingerprint density at radius 1 is 0.516 bits per heavy atom. The van der Waals surface area contributed by atoms with Gasteiger partial charge in [-0.2, -0.15) is 70.0 Å². The molecule has 1 amide bonds. The molecule has 0 unspecified atom stereocenters. The van der Waals surface area contributed by atoms with E-state index < -0.39 is 52.2 Å². The molecule has 480 valence electrons. The minimum atomic E-state index is -4.43. The number of amides is 1. The van der Waals surface area contributed by atoms with Gasteiger partial charge in [0.25, 0.3) is 22.6 Å². The number of aromatic nitrogens is 18. The van der Waals surface area contributed by atoms with Crippen LogP contribution in [0.1, 0.15) is 89.9 Å². The van der Waals surface area contributed by atoms with Gasteiger partial charge in [-0.1, -0.05) is 57.2 Å². The maximum absolute atomic E-state index is 12.9. The van der Waals surface area contributed by atoms with E-state index in [-0.39, 0.29) is 88.0 Å². The predicted molar refractivity (Wildman–Crippen MR) is 319 cm³/mol. The molecule has 0 atom stereocenters. The van der Waals surface area contributed by atoms with E-state index in [9.17, 15) is 64.0 Å². The molecule has 0 saturated carbocycles. The first-order chi connectivity index (χ1) is 44.2. The molecule has 3 aromatic carbocycles. The number of H-pyrrole nitrogens is 3. The quantitative estimate of drug-likeness (QED) is 0.0517. The molecule has 0 aliphatic heterocycles. The van der Waals surface area contributed by atoms with E-state index in [1.54, 1.807) is 36.8 Å². The fraction of sp³-hybridized carbons (Fsp3) is 0.254. The van der Waals surface area contributed by atoms with E-state index in [2.05, 4.69) is 60.2 Å². The van der Waals surface area contributed by atoms with Crippen molar-refractivity contribution in [3.8, 4) is 40.2 Å². The number of aromatic amines is 3. The number of nitriles is 1. The van der Waals surface area contributed by atoms with Gasteiger partial charge in [-0.3, -0.25) is 46.9 Å². The summed E-state index contributed by atoms with van der Waals surface area (Å²) >= 11 is 6.08. The molecule has 0 bridgehead atoms. The van der Waals surface area contributed by atoms with E-state index in [1.165, 1.54) is 64.5 Å². The number of carbonyl (C=O) groups excluding carboxylic acids is 1. The Bertz CT molecular complexity index is 4980. The number of rotatable bonds is 16. The van der Waals surface area contributed by atoms with Crippen LogP contribution in [0.5, 0.6) is 0 Å². The second-order valence-corrected chi connectivity index (χ2v) is 21.2. The molecule has 5 N–H and O–H groups in total. The van der Waals surface area contributed by atoms with Crippen LogP contribution in [0.4, 0.5) is 39.5 Å². The number of imidazole rings is 3. The molecule has 9 heterocycles. The first-order valence-electron chi connectivity index (χ1n) is 28.2. The number of hydrogen-bond acceptors (Lipinski definition) is 14. The van der Waals surface area contributed by atoms with Crippen molar-refractivity contribution < 1.29 is 44.3 Å². The lowest BCUT2D eigenvalue weighted by Gasteiger charge is -2.08. The van der Waals surface area contributed by atoms with Gasteiger partial charge in [0.2, 0.25) is 16.9 Å². The summed E-state index contributed by atoms with van der Waals surface area (Å²) in [5.74, 6) is -0.0519. The third-order valence-electron chi connectivity index (χ3n) is 14.0. The Balaban J connectivity index is 0.000000153. The number of alkyl halides is 9. The summed E-state index contributed by atoms with van der Waals surface area (Å²) in [4.78, 5) is 83.8. The van der Waals surface area contributed by atoms with Gasteiger partial charge in [-0.25, -0.2) is 19.9 Å². The fourth-order valence-electron chi connectivity index (χ4n) is 9.71. The highest BCUT2D eigenvalue weighted by Gasteiger charge is 2.33. The highest BCUT2D eigenvalue weighted by Crippen LogP contribution is 2.33. The fourth-order valence-corrected chi connectivity index (χ4v) is 9.95. The largest absolute Gasteiger partial charge is 0.416 e. The van der Waals surface area contributed by atoms with Gasteiger partial charge in [0.05, 0.1) is 71.6 Å². The van der Waals surface area contributed by atoms with Crippen LogP contribution in [0, 0.1) is 11.3 Å². The zero-order valence-electron chi connectivity index (χ0n) is 48.9. The van der Waals surface area contributed by atoms with Crippen molar-refractivity contribution in [2.24, 2.45) is 5.73 Å². The molecule has 34 heteroatoms. The number of nitrogens with two attached hydrogens (primary N) is 1. The minimum Gasteiger partial charge on any atom is -0.363 e. The maximum atomic E-state index is 12.9. The normalized spacial score (nSPS) is 11.9. The lowest BCUT2D eigenvalue weighted by Crippen LogP contribution is -2.30. The summed E-state index contributed by atoms with van der Waals surface area (Å²) in [6, 6.07) is 17.0. The Labute approximate surface area is 521 Å². The van der Waals surface area contributed by atoms with Crippen LogP contribution in [-0.4, -0.2) is 93.8 Å². The number of fused-ring (bicyclic) bond motifs is 3. The smallest absolute Gasteiger partial charge is 0.363 e. The Kier molecular flexibility index (Phi) is 18.4. The summed E-state index contributed by atoms with van der Waals surface area (Å²) in [5.41, 5.74) is 5.79. The highest BCUT2D eigenvalue weighted by molar-refractivity contribution is 6.28. The monoisotopic (exact) mass is 1310 g/mol. The van der Waals surface area contributed by atoms with Gasteiger partial charge in [-0.05, 0) is 84.0 Å². The highest BCUT2D eigenvalue weighted by atomic mass is 35.5. The topological polar surface area (TPSA) is 311 Å². The molecule has 12 aromatic rings. The molecule has 0 aliphatic rings. The van der Waals surface area contributed by atoms with Gasteiger partial charge >= 0.3 is 18.5 Å². The van der Waals surface area contributed by atoms with E-state index in [0.717, 1.165) is 42.8 Å². The first-order valence-corrected chi connectivity index (χ1v) is 28.5. The van der Waals surface area contributed by atoms with Crippen LogP contribution in [0.3, 0.4) is 0 Å². The van der Waals surface area contributed by atoms with Crippen LogP contribution in [0.2, 0.25) is 5.28 Å². The van der Waals surface area contributed by atoms with E-state index in [0.29, 0.717) is 71.0 Å². The molecular weight excluding hydrogens is 1260 g/mol. The zero-order valence-corrected chi connectivity index (χ0v) is 49.7. The molecule has 0 radical (unpaired) electrons. The summed E-state index contributed by atoms with van der Waals surface area (Å²) < 4.78 is 124. The number of hydrogen-bond donors (Lipinski definition) is 4. The average Bonchev–Trinajstić information content (AvgIpc) is 1.75. The van der Waals surface area contributed by atoms with Crippen LogP contribution in [0.25, 0.3) is 67.7 Å². The van der Waals surface area contributed by atoms with Crippen molar-refractivity contribution in [2.75, 3.05) is 0 Å². The predicted octanol–water partition coefficient (Wildman–Crippen LogP) is 10.0. The maximum Gasteiger partial charge on any atom is 0.416 e. The van der Waals surface area contributed by atoms with Crippen LogP contribution in [-0.2, 0) is 57.8 Å². The zero-order chi connectivity index (χ0) is 66.7. The number of carbonyl (C=O) groups is 1. The third kappa shape index (κ3) is 14.4. The summed E-state index contributed by atoms with van der Waals surface area (Å²) in [6.45, 7) is 7.10. The van der Waals surface area contributed by atoms with Gasteiger partial charge in [0.15, 0.2) is 33.5 Å². The van der Waals surface area contributed by atoms with Crippen LogP contribution in [0.15, 0.2) is 124 Å². The Hall–Kier alpha value is -11.0. The van der Waals surface area contributed by atoms with Gasteiger partial charge in [-0.15, -0.1) is 0 Å². The number of halogens is 10. The Morgan fingerprint density at radius 3 is 1.23 bits per heavy atom. The number of benzene rings is 3. The van der Waals surface area contributed by atoms with Crippen molar-refractivity contribution in [3.05, 3.63) is 191 Å². The lowest BCUT2D eigenvalue weighted by atomic mass is 10.1. The third-order valence-corrected chi connectivity index (χ3v) is 14.3. The van der Waals surface area contributed by atoms with Crippen molar-refractivity contribution in [2.45, 2.75) is 97.8 Å². The molecule has 0 aliphatic carbocycles.